The summed E-state index contributed by atoms with van der Waals surface area (Å²) >= 11 is 0.923. The van der Waals surface area contributed by atoms with Gasteiger partial charge in [0.05, 0.1) is 0 Å². The largest absolute Gasteiger partial charge is 0.489 e. The lowest BCUT2D eigenvalue weighted by Gasteiger charge is -2.37. The molecule has 1 aliphatic rings. The highest BCUT2D eigenvalue weighted by Gasteiger charge is 2.36. The van der Waals surface area contributed by atoms with Crippen molar-refractivity contribution in [3.05, 3.63) is 74.0 Å². The van der Waals surface area contributed by atoms with E-state index in [1.54, 1.807) is 6.08 Å². The first kappa shape index (κ1) is 28.6. The molecule has 0 radical (unpaired) electrons. The second kappa shape index (κ2) is 12.6. The van der Waals surface area contributed by atoms with Crippen molar-refractivity contribution in [2.45, 2.75) is 46.1 Å². The second-order valence-electron chi connectivity index (χ2n) is 9.13. The van der Waals surface area contributed by atoms with E-state index in [9.17, 15) is 19.3 Å². The number of carbonyl (C=O) groups excluding carboxylic acids is 2. The van der Waals surface area contributed by atoms with Crippen molar-refractivity contribution in [3.63, 3.8) is 0 Å². The molecule has 10 heteroatoms. The number of fused-ring (bicyclic) bond motifs is 1. The van der Waals surface area contributed by atoms with Crippen molar-refractivity contribution in [1.82, 2.24) is 0 Å². The summed E-state index contributed by atoms with van der Waals surface area (Å²) in [5, 5.41) is 11.6. The fourth-order valence-corrected chi connectivity index (χ4v) is 4.59. The normalized spacial score (nSPS) is 16.9. The molecule has 2 aromatic carbocycles. The van der Waals surface area contributed by atoms with Crippen LogP contribution in [-0.4, -0.2) is 41.4 Å². The number of nitrogens with zero attached hydrogens (tertiary/aromatic N) is 1. The predicted molar refractivity (Wildman–Crippen MR) is 145 cm³/mol. The Kier molecular flexibility index (Phi) is 9.46. The summed E-state index contributed by atoms with van der Waals surface area (Å²) in [6, 6.07) is 7.28. The monoisotopic (exact) mass is 539 g/mol. The van der Waals surface area contributed by atoms with E-state index in [2.05, 4.69) is 5.18 Å². The van der Waals surface area contributed by atoms with Crippen LogP contribution in [0.25, 0.3) is 6.08 Å². The number of ether oxygens (including phenoxy) is 3. The van der Waals surface area contributed by atoms with Crippen LogP contribution in [0, 0.1) is 25.7 Å². The third-order valence-corrected chi connectivity index (χ3v) is 6.95. The van der Waals surface area contributed by atoms with Crippen LogP contribution in [0.15, 0.2) is 46.5 Å². The number of carbonyl (C=O) groups is 3. The lowest BCUT2D eigenvalue weighted by molar-refractivity contribution is -0.133. The van der Waals surface area contributed by atoms with Crippen LogP contribution >= 0.6 is 11.8 Å². The zero-order chi connectivity index (χ0) is 27.9. The molecule has 200 valence electrons. The molecule has 2 aromatic rings. The Balaban J connectivity index is 1.73. The number of hydrogen-bond donors (Lipinski definition) is 1. The quantitative estimate of drug-likeness (QED) is 0.132. The van der Waals surface area contributed by atoms with E-state index in [0.29, 0.717) is 41.5 Å². The van der Waals surface area contributed by atoms with Crippen LogP contribution in [0.2, 0.25) is 0 Å². The fraction of sp³-hybridized carbons (Fsp3) is 0.321. The summed E-state index contributed by atoms with van der Waals surface area (Å²) in [4.78, 5) is 44.6. The number of thioether (sulfide) groups is 1. The van der Waals surface area contributed by atoms with E-state index in [1.807, 2.05) is 52.0 Å². The fourth-order valence-electron chi connectivity index (χ4n) is 4.13. The van der Waals surface area contributed by atoms with E-state index in [0.717, 1.165) is 57.5 Å². The topological polar surface area (TPSA) is 129 Å². The van der Waals surface area contributed by atoms with Gasteiger partial charge in [0.1, 0.15) is 36.0 Å². The molecule has 1 aliphatic heterocycles. The number of carboxylic acid groups (broad SMARTS) is 1. The average Bonchev–Trinajstić information content (AvgIpc) is 2.88. The summed E-state index contributed by atoms with van der Waals surface area (Å²) in [7, 11) is 0. The Labute approximate surface area is 224 Å². The third-order valence-electron chi connectivity index (χ3n) is 6.30. The highest BCUT2D eigenvalue weighted by atomic mass is 32.2. The number of nitroso groups, excluding NO2 is 1. The van der Waals surface area contributed by atoms with Crippen LogP contribution < -0.4 is 14.2 Å². The number of esters is 1. The Bertz CT molecular complexity index is 1290. The van der Waals surface area contributed by atoms with Gasteiger partial charge in [0.15, 0.2) is 5.62 Å². The molecule has 9 nitrogen and oxygen atoms in total. The van der Waals surface area contributed by atoms with Crippen LogP contribution in [0.1, 0.15) is 41.2 Å². The van der Waals surface area contributed by atoms with Gasteiger partial charge in [-0.15, -0.1) is 0 Å². The van der Waals surface area contributed by atoms with Crippen LogP contribution in [0.3, 0.4) is 0 Å². The Morgan fingerprint density at radius 3 is 2.47 bits per heavy atom. The van der Waals surface area contributed by atoms with Crippen molar-refractivity contribution >= 4 is 35.4 Å². The molecule has 0 saturated heterocycles. The van der Waals surface area contributed by atoms with Crippen molar-refractivity contribution in [2.24, 2.45) is 5.18 Å². The molecule has 0 fully saturated rings. The summed E-state index contributed by atoms with van der Waals surface area (Å²) in [5.41, 5.74) is 4.19. The molecule has 0 amide bonds. The SMILES string of the molecule is Cc1c(C)c2c(c(C)c1OC(=O)/C=C/C(=O)O)CCC(C)(COc1ccc(/C=C(/CN=O)SC=O)cc1)O2. The molecule has 1 heterocycles. The van der Waals surface area contributed by atoms with Crippen LogP contribution in [0.5, 0.6) is 17.2 Å². The summed E-state index contributed by atoms with van der Waals surface area (Å²) in [5.74, 6) is -0.180. The molecule has 0 aromatic heterocycles. The lowest BCUT2D eigenvalue weighted by Crippen LogP contribution is -2.42. The number of rotatable bonds is 11. The standard InChI is InChI=1S/C28H29NO8S/c1-17-18(2)27-23(19(3)26(17)36-25(33)10-9-24(31)32)11-12-28(4,37-27)15-35-21-7-5-20(6-8-21)13-22(14-29-34)38-16-30/h5-10,13,16H,11-12,14-15H2,1-4H3,(H,31,32)/b10-9+,22-13-. The van der Waals surface area contributed by atoms with Crippen LogP contribution in [0.4, 0.5) is 0 Å². The van der Waals surface area contributed by atoms with E-state index < -0.39 is 17.5 Å². The van der Waals surface area contributed by atoms with Crippen molar-refractivity contribution in [2.75, 3.05) is 13.2 Å². The first-order valence-corrected chi connectivity index (χ1v) is 12.7. The smallest absolute Gasteiger partial charge is 0.336 e. The van der Waals surface area contributed by atoms with Gasteiger partial charge in [-0.2, -0.15) is 4.91 Å². The molecule has 38 heavy (non-hydrogen) atoms. The molecule has 0 aliphatic carbocycles. The highest BCUT2D eigenvalue weighted by Crippen LogP contribution is 2.44. The van der Waals surface area contributed by atoms with E-state index in [1.165, 1.54) is 0 Å². The molecular formula is C28H29NO8S. The van der Waals surface area contributed by atoms with Crippen molar-refractivity contribution in [1.29, 1.82) is 0 Å². The van der Waals surface area contributed by atoms with Gasteiger partial charge >= 0.3 is 11.9 Å². The molecule has 0 spiro atoms. The van der Waals surface area contributed by atoms with Crippen molar-refractivity contribution in [3.8, 4) is 17.2 Å². The number of benzene rings is 2. The van der Waals surface area contributed by atoms with Gasteiger partial charge in [-0.05, 0) is 81.0 Å². The van der Waals surface area contributed by atoms with Crippen LogP contribution in [-0.2, 0) is 20.8 Å². The van der Waals surface area contributed by atoms with Gasteiger partial charge in [-0.25, -0.2) is 9.59 Å². The van der Waals surface area contributed by atoms with Gasteiger partial charge in [0, 0.05) is 22.6 Å². The summed E-state index contributed by atoms with van der Waals surface area (Å²) < 4.78 is 18.0. The minimum Gasteiger partial charge on any atom is -0.489 e. The number of aliphatic carboxylic acids is 1. The maximum atomic E-state index is 12.1. The second-order valence-corrected chi connectivity index (χ2v) is 10.1. The first-order chi connectivity index (χ1) is 18.1. The molecule has 0 bridgehead atoms. The lowest BCUT2D eigenvalue weighted by atomic mass is 9.87. The highest BCUT2D eigenvalue weighted by molar-refractivity contribution is 8.15. The number of hydrogen-bond acceptors (Lipinski definition) is 9. The van der Waals surface area contributed by atoms with Crippen molar-refractivity contribution < 1.29 is 33.7 Å². The Morgan fingerprint density at radius 1 is 1.13 bits per heavy atom. The van der Waals surface area contributed by atoms with E-state index >= 15 is 0 Å². The molecule has 0 saturated carbocycles. The Hall–Kier alpha value is -3.92. The number of carboxylic acids is 1. The minimum atomic E-state index is -1.23. The maximum Gasteiger partial charge on any atom is 0.336 e. The van der Waals surface area contributed by atoms with Gasteiger partial charge in [0.2, 0.25) is 0 Å². The predicted octanol–water partition coefficient (Wildman–Crippen LogP) is 5.35. The minimum absolute atomic E-state index is 0.0666. The molecule has 1 N–H and O–H groups in total. The molecular weight excluding hydrogens is 510 g/mol. The van der Waals surface area contributed by atoms with Gasteiger partial charge in [-0.3, -0.25) is 4.79 Å². The zero-order valence-electron chi connectivity index (χ0n) is 21.6. The van der Waals surface area contributed by atoms with E-state index in [4.69, 9.17) is 19.3 Å². The van der Waals surface area contributed by atoms with Gasteiger partial charge in [-0.1, -0.05) is 29.1 Å². The molecule has 1 unspecified atom stereocenters. The summed E-state index contributed by atoms with van der Waals surface area (Å²) in [6.07, 6.45) is 4.71. The summed E-state index contributed by atoms with van der Waals surface area (Å²) in [6.45, 7) is 7.81. The average molecular weight is 540 g/mol. The Morgan fingerprint density at radius 2 is 1.84 bits per heavy atom. The molecule has 1 atom stereocenters. The van der Waals surface area contributed by atoms with E-state index in [-0.39, 0.29) is 6.54 Å². The third kappa shape index (κ3) is 7.10. The molecule has 3 rings (SSSR count). The zero-order valence-corrected chi connectivity index (χ0v) is 22.4. The first-order valence-electron chi connectivity index (χ1n) is 11.8. The van der Waals surface area contributed by atoms with Gasteiger partial charge in [0.25, 0.3) is 0 Å². The van der Waals surface area contributed by atoms with Gasteiger partial charge < -0.3 is 19.3 Å². The maximum absolute atomic E-state index is 12.1.